The van der Waals surface area contributed by atoms with E-state index in [2.05, 4.69) is 24.1 Å². The first-order chi connectivity index (χ1) is 5.54. The Balaban J connectivity index is 2.10. The lowest BCUT2D eigenvalue weighted by atomic mass is 10.0. The predicted octanol–water partition coefficient (Wildman–Crippen LogP) is 0.420. The Morgan fingerprint density at radius 1 is 1.67 bits per heavy atom. The van der Waals surface area contributed by atoms with Gasteiger partial charge in [0, 0.05) is 5.41 Å². The molecule has 2 fully saturated rings. The molecular formula is C9H16N2O. The minimum Gasteiger partial charge on any atom is -0.339 e. The second-order valence-corrected chi connectivity index (χ2v) is 4.50. The average molecular weight is 168 g/mol. The fourth-order valence-corrected chi connectivity index (χ4v) is 2.28. The first-order valence-electron chi connectivity index (χ1n) is 4.53. The van der Waals surface area contributed by atoms with Gasteiger partial charge in [0.15, 0.2) is 0 Å². The van der Waals surface area contributed by atoms with Crippen LogP contribution in [0, 0.1) is 11.3 Å². The molecule has 1 N–H and O–H groups in total. The number of amides is 1. The predicted molar refractivity (Wildman–Crippen MR) is 46.4 cm³/mol. The lowest BCUT2D eigenvalue weighted by molar-refractivity contribution is -0.118. The van der Waals surface area contributed by atoms with Gasteiger partial charge in [-0.1, -0.05) is 13.8 Å². The number of rotatable bonds is 1. The Morgan fingerprint density at radius 2 is 2.25 bits per heavy atom. The molecule has 1 saturated heterocycles. The van der Waals surface area contributed by atoms with Crippen molar-refractivity contribution in [2.24, 2.45) is 11.3 Å². The third kappa shape index (κ3) is 0.959. The smallest absolute Gasteiger partial charge is 0.235 e. The highest BCUT2D eigenvalue weighted by atomic mass is 16.2. The molecule has 2 unspecified atom stereocenters. The molecule has 0 aromatic heterocycles. The highest BCUT2D eigenvalue weighted by molar-refractivity contribution is 5.80. The van der Waals surface area contributed by atoms with Gasteiger partial charge in [-0.15, -0.1) is 0 Å². The minimum atomic E-state index is 0.169. The van der Waals surface area contributed by atoms with E-state index in [0.29, 0.717) is 12.0 Å². The van der Waals surface area contributed by atoms with E-state index < -0.39 is 0 Å². The van der Waals surface area contributed by atoms with Crippen molar-refractivity contribution in [3.63, 3.8) is 0 Å². The van der Waals surface area contributed by atoms with E-state index in [9.17, 15) is 4.79 Å². The molecule has 1 aliphatic carbocycles. The van der Waals surface area contributed by atoms with Gasteiger partial charge in [-0.3, -0.25) is 9.69 Å². The van der Waals surface area contributed by atoms with Crippen LogP contribution in [-0.4, -0.2) is 30.6 Å². The lowest BCUT2D eigenvalue weighted by Gasteiger charge is -2.25. The summed E-state index contributed by atoms with van der Waals surface area (Å²) in [4.78, 5) is 13.2. The molecule has 1 aliphatic heterocycles. The second-order valence-electron chi connectivity index (χ2n) is 4.50. The third-order valence-electron chi connectivity index (χ3n) is 3.47. The summed E-state index contributed by atoms with van der Waals surface area (Å²) in [6, 6.07) is 0. The van der Waals surface area contributed by atoms with Gasteiger partial charge in [-0.25, -0.2) is 0 Å². The Kier molecular flexibility index (Phi) is 1.49. The fraction of sp³-hybridized carbons (Fsp3) is 0.889. The maximum Gasteiger partial charge on any atom is 0.235 e. The first kappa shape index (κ1) is 8.05. The molecule has 1 amide bonds. The summed E-state index contributed by atoms with van der Waals surface area (Å²) in [5, 5.41) is 3.02. The summed E-state index contributed by atoms with van der Waals surface area (Å²) in [7, 11) is 2.01. The largest absolute Gasteiger partial charge is 0.339 e. The van der Waals surface area contributed by atoms with Gasteiger partial charge in [0.2, 0.25) is 5.91 Å². The molecule has 68 valence electrons. The van der Waals surface area contributed by atoms with Gasteiger partial charge in [0.05, 0.1) is 12.7 Å². The Bertz CT molecular complexity index is 229. The molecule has 0 aromatic carbocycles. The van der Waals surface area contributed by atoms with Gasteiger partial charge in [-0.2, -0.15) is 0 Å². The van der Waals surface area contributed by atoms with Crippen molar-refractivity contribution in [3.8, 4) is 0 Å². The van der Waals surface area contributed by atoms with Crippen molar-refractivity contribution < 1.29 is 4.79 Å². The number of nitrogens with zero attached hydrogens (tertiary/aromatic N) is 1. The molecule has 3 heteroatoms. The lowest BCUT2D eigenvalue weighted by Crippen LogP contribution is -2.41. The van der Waals surface area contributed by atoms with Crippen LogP contribution < -0.4 is 5.32 Å². The third-order valence-corrected chi connectivity index (χ3v) is 3.47. The summed E-state index contributed by atoms with van der Waals surface area (Å²) >= 11 is 0. The zero-order valence-corrected chi connectivity index (χ0v) is 7.92. The highest BCUT2D eigenvalue weighted by Crippen LogP contribution is 2.55. The molecule has 3 atom stereocenters. The van der Waals surface area contributed by atoms with Crippen molar-refractivity contribution in [2.45, 2.75) is 26.4 Å². The number of likely N-dealkylation sites (N-methyl/N-ethyl adjacent to an activating group) is 1. The van der Waals surface area contributed by atoms with Crippen LogP contribution in [0.1, 0.15) is 20.3 Å². The number of hydrogen-bond donors (Lipinski definition) is 1. The summed E-state index contributed by atoms with van der Waals surface area (Å²) in [5.41, 5.74) is 0.334. The van der Waals surface area contributed by atoms with Crippen molar-refractivity contribution >= 4 is 5.91 Å². The molecule has 0 aromatic rings. The van der Waals surface area contributed by atoms with E-state index in [-0.39, 0.29) is 12.1 Å². The zero-order chi connectivity index (χ0) is 8.93. The van der Waals surface area contributed by atoms with E-state index in [1.165, 1.54) is 6.42 Å². The Labute approximate surface area is 73.1 Å². The molecule has 0 bridgehead atoms. The van der Waals surface area contributed by atoms with Crippen LogP contribution in [0.2, 0.25) is 0 Å². The second kappa shape index (κ2) is 2.22. The molecule has 1 heterocycles. The Hall–Kier alpha value is -0.570. The van der Waals surface area contributed by atoms with Gasteiger partial charge in [0.25, 0.3) is 0 Å². The van der Waals surface area contributed by atoms with Crippen LogP contribution in [0.3, 0.4) is 0 Å². The van der Waals surface area contributed by atoms with Crippen molar-refractivity contribution in [1.29, 1.82) is 0 Å². The number of nitrogens with one attached hydrogen (secondary N) is 1. The van der Waals surface area contributed by atoms with E-state index in [4.69, 9.17) is 0 Å². The molecule has 12 heavy (non-hydrogen) atoms. The molecule has 2 rings (SSSR count). The average Bonchev–Trinajstić information content (AvgIpc) is 2.37. The molecule has 1 saturated carbocycles. The van der Waals surface area contributed by atoms with Crippen LogP contribution in [0.15, 0.2) is 0 Å². The fourth-order valence-electron chi connectivity index (χ4n) is 2.28. The molecule has 0 spiro atoms. The molecular weight excluding hydrogens is 152 g/mol. The van der Waals surface area contributed by atoms with Gasteiger partial charge >= 0.3 is 0 Å². The minimum absolute atomic E-state index is 0.169. The summed E-state index contributed by atoms with van der Waals surface area (Å²) in [6.45, 7) is 5.07. The standard InChI is InChI=1S/C9H16N2O/c1-6-4-9(6,2)8-10-7(12)5-11(8)3/h6,8H,4-5H2,1-3H3,(H,10,12)/t6?,8?,9-/m1/s1. The van der Waals surface area contributed by atoms with Gasteiger partial charge < -0.3 is 5.32 Å². The summed E-state index contributed by atoms with van der Waals surface area (Å²) < 4.78 is 0. The van der Waals surface area contributed by atoms with E-state index >= 15 is 0 Å². The number of carbonyl (C=O) groups excluding carboxylic acids is 1. The zero-order valence-electron chi connectivity index (χ0n) is 7.92. The molecule has 3 nitrogen and oxygen atoms in total. The molecule has 0 radical (unpaired) electrons. The van der Waals surface area contributed by atoms with Crippen LogP contribution in [0.5, 0.6) is 0 Å². The SMILES string of the molecule is CC1C[C@@]1(C)C1NC(=O)CN1C. The maximum absolute atomic E-state index is 11.1. The van der Waals surface area contributed by atoms with Gasteiger partial charge in [-0.05, 0) is 19.4 Å². The van der Waals surface area contributed by atoms with Crippen LogP contribution in [0.4, 0.5) is 0 Å². The summed E-state index contributed by atoms with van der Waals surface area (Å²) in [6.07, 6.45) is 1.52. The normalized spacial score (nSPS) is 47.8. The van der Waals surface area contributed by atoms with Crippen LogP contribution in [-0.2, 0) is 4.79 Å². The summed E-state index contributed by atoms with van der Waals surface area (Å²) in [5.74, 6) is 0.922. The van der Waals surface area contributed by atoms with Gasteiger partial charge in [0.1, 0.15) is 0 Å². The quantitative estimate of drug-likeness (QED) is 0.615. The number of carbonyl (C=O) groups is 1. The maximum atomic E-state index is 11.1. The first-order valence-corrected chi connectivity index (χ1v) is 4.53. The van der Waals surface area contributed by atoms with E-state index in [1.54, 1.807) is 0 Å². The topological polar surface area (TPSA) is 32.3 Å². The Morgan fingerprint density at radius 3 is 2.58 bits per heavy atom. The molecule has 2 aliphatic rings. The van der Waals surface area contributed by atoms with E-state index in [1.807, 2.05) is 7.05 Å². The van der Waals surface area contributed by atoms with Crippen LogP contribution in [0.25, 0.3) is 0 Å². The monoisotopic (exact) mass is 168 g/mol. The van der Waals surface area contributed by atoms with E-state index in [0.717, 1.165) is 5.92 Å². The van der Waals surface area contributed by atoms with Crippen molar-refractivity contribution in [2.75, 3.05) is 13.6 Å². The van der Waals surface area contributed by atoms with Crippen molar-refractivity contribution in [3.05, 3.63) is 0 Å². The highest BCUT2D eigenvalue weighted by Gasteiger charge is 2.55. The van der Waals surface area contributed by atoms with Crippen LogP contribution >= 0.6 is 0 Å². The number of hydrogen-bond acceptors (Lipinski definition) is 2. The van der Waals surface area contributed by atoms with Crippen molar-refractivity contribution in [1.82, 2.24) is 10.2 Å².